The minimum absolute atomic E-state index is 0.372. The van der Waals surface area contributed by atoms with Crippen molar-refractivity contribution in [2.75, 3.05) is 6.54 Å². The molecule has 1 heterocycles. The summed E-state index contributed by atoms with van der Waals surface area (Å²) in [5, 5.41) is 40.2. The molecule has 3 rings (SSSR count). The molecule has 0 amide bonds. The van der Waals surface area contributed by atoms with Gasteiger partial charge in [0.1, 0.15) is 5.78 Å². The Morgan fingerprint density at radius 2 is 1.53 bits per heavy atom. The minimum Gasteiger partial charge on any atom is -0.497 e. The van der Waals surface area contributed by atoms with Gasteiger partial charge in [0.15, 0.2) is 0 Å². The predicted octanol–water partition coefficient (Wildman–Crippen LogP) is 3.92. The summed E-state index contributed by atoms with van der Waals surface area (Å²) in [5.74, 6) is -0.801. The summed E-state index contributed by atoms with van der Waals surface area (Å²) in [6.45, 7) is 5.27. The summed E-state index contributed by atoms with van der Waals surface area (Å²) < 4.78 is 0. The molecule has 0 saturated carbocycles. The summed E-state index contributed by atoms with van der Waals surface area (Å²) in [7, 11) is 0. The van der Waals surface area contributed by atoms with E-state index in [-0.39, 0.29) is 0 Å². The molecule has 170 valence electrons. The van der Waals surface area contributed by atoms with E-state index < -0.39 is 37.6 Å². The van der Waals surface area contributed by atoms with Gasteiger partial charge in [-0.3, -0.25) is 40.0 Å². The number of rotatable bonds is 5. The van der Waals surface area contributed by atoms with Crippen LogP contribution >= 0.6 is 0 Å². The molecule has 1 aliphatic heterocycles. The van der Waals surface area contributed by atoms with Crippen LogP contribution in [0.5, 0.6) is 5.75 Å². The molecule has 1 fully saturated rings. The van der Waals surface area contributed by atoms with Crippen molar-refractivity contribution in [1.82, 2.24) is 4.90 Å². The number of non-ortho nitro benzene ring substituents is 1. The van der Waals surface area contributed by atoms with Crippen LogP contribution in [-0.2, 0) is 4.79 Å². The van der Waals surface area contributed by atoms with Crippen LogP contribution in [0, 0.1) is 30.3 Å². The van der Waals surface area contributed by atoms with E-state index in [0.29, 0.717) is 42.8 Å². The first-order valence-corrected chi connectivity index (χ1v) is 9.65. The largest absolute Gasteiger partial charge is 0.497 e. The molecule has 0 bridgehead atoms. The van der Waals surface area contributed by atoms with Crippen molar-refractivity contribution in [2.24, 2.45) is 0 Å². The minimum atomic E-state index is -1.21. The fraction of sp³-hybridized carbons (Fsp3) is 0.350. The Morgan fingerprint density at radius 3 is 1.97 bits per heavy atom. The van der Waals surface area contributed by atoms with Crippen molar-refractivity contribution in [2.45, 2.75) is 38.8 Å². The number of hydrogen-bond acceptors (Lipinski definition) is 9. The molecular weight excluding hydrogens is 424 g/mol. The van der Waals surface area contributed by atoms with Crippen molar-refractivity contribution < 1.29 is 24.7 Å². The van der Waals surface area contributed by atoms with E-state index in [2.05, 4.69) is 43.0 Å². The van der Waals surface area contributed by atoms with Crippen LogP contribution < -0.4 is 0 Å². The second kappa shape index (κ2) is 10.4. The number of nitrogens with zero attached hydrogens (tertiary/aromatic N) is 4. The van der Waals surface area contributed by atoms with Crippen LogP contribution in [0.3, 0.4) is 0 Å². The van der Waals surface area contributed by atoms with Crippen LogP contribution in [0.2, 0.25) is 0 Å². The van der Waals surface area contributed by atoms with E-state index in [1.165, 1.54) is 5.56 Å². The van der Waals surface area contributed by atoms with Gasteiger partial charge in [-0.1, -0.05) is 30.3 Å². The fourth-order valence-electron chi connectivity index (χ4n) is 3.49. The molecule has 0 aromatic heterocycles. The third-order valence-corrected chi connectivity index (χ3v) is 5.18. The van der Waals surface area contributed by atoms with Crippen molar-refractivity contribution in [1.29, 1.82) is 0 Å². The third kappa shape index (κ3) is 5.82. The van der Waals surface area contributed by atoms with Crippen LogP contribution in [0.1, 0.15) is 38.3 Å². The second-order valence-corrected chi connectivity index (χ2v) is 7.27. The van der Waals surface area contributed by atoms with Crippen LogP contribution in [0.4, 0.5) is 17.1 Å². The molecule has 32 heavy (non-hydrogen) atoms. The lowest BCUT2D eigenvalue weighted by atomic mass is 9.97. The quantitative estimate of drug-likeness (QED) is 0.528. The van der Waals surface area contributed by atoms with Gasteiger partial charge < -0.3 is 5.11 Å². The van der Waals surface area contributed by atoms with Gasteiger partial charge in [-0.15, -0.1) is 0 Å². The first-order chi connectivity index (χ1) is 15.0. The zero-order valence-corrected chi connectivity index (χ0v) is 17.4. The Bertz CT molecular complexity index is 993. The first kappa shape index (κ1) is 24.3. The van der Waals surface area contributed by atoms with Gasteiger partial charge in [-0.25, -0.2) is 0 Å². The topological polar surface area (TPSA) is 170 Å². The number of benzene rings is 2. The predicted molar refractivity (Wildman–Crippen MR) is 113 cm³/mol. The second-order valence-electron chi connectivity index (χ2n) is 7.27. The molecule has 1 aliphatic rings. The molecule has 0 spiro atoms. The number of hydrogen-bond donors (Lipinski definition) is 1. The summed E-state index contributed by atoms with van der Waals surface area (Å²) >= 11 is 0. The standard InChI is InChI=1S/C14H19NO.C6H3N3O7/c1-11-10-14(16)8-9-15(11)12(2)13-6-4-3-5-7-13;10-6-4(8(13)14)1-3(7(11)12)2-5(6)9(15)16/h3-7,11-12H,8-10H2,1-2H3;1-2,10H. The van der Waals surface area contributed by atoms with Crippen molar-refractivity contribution >= 4 is 22.8 Å². The summed E-state index contributed by atoms with van der Waals surface area (Å²) in [6.07, 6.45) is 1.42. The maximum Gasteiger partial charge on any atom is 0.324 e. The SMILES string of the molecule is CC1CC(=O)CCN1C(C)c1ccccc1.O=[N+]([O-])c1cc([N+](=O)[O-])c(O)c([N+](=O)[O-])c1. The molecule has 0 aliphatic carbocycles. The Hall–Kier alpha value is -3.93. The molecule has 0 radical (unpaired) electrons. The van der Waals surface area contributed by atoms with E-state index >= 15 is 0 Å². The number of likely N-dealkylation sites (tertiary alicyclic amines) is 1. The van der Waals surface area contributed by atoms with Crippen molar-refractivity contribution in [3.63, 3.8) is 0 Å². The average Bonchev–Trinajstić information content (AvgIpc) is 2.74. The third-order valence-electron chi connectivity index (χ3n) is 5.18. The number of ketones is 1. The van der Waals surface area contributed by atoms with Crippen molar-refractivity contribution in [3.8, 4) is 5.75 Å². The Labute approximate surface area is 182 Å². The molecule has 2 unspecified atom stereocenters. The highest BCUT2D eigenvalue weighted by molar-refractivity contribution is 5.79. The molecule has 12 nitrogen and oxygen atoms in total. The summed E-state index contributed by atoms with van der Waals surface area (Å²) in [5.41, 5.74) is -1.67. The van der Waals surface area contributed by atoms with Gasteiger partial charge in [0.25, 0.3) is 11.4 Å². The van der Waals surface area contributed by atoms with E-state index in [4.69, 9.17) is 5.11 Å². The molecule has 2 atom stereocenters. The number of nitro groups is 3. The smallest absolute Gasteiger partial charge is 0.324 e. The highest BCUT2D eigenvalue weighted by Crippen LogP contribution is 2.39. The number of phenolic OH excluding ortho intramolecular Hbond substituents is 1. The molecule has 1 N–H and O–H groups in total. The number of aromatic hydroxyl groups is 1. The maximum absolute atomic E-state index is 11.4. The number of Topliss-reactive ketones (excluding diaryl/α,β-unsaturated/α-hetero) is 1. The average molecular weight is 446 g/mol. The number of nitro benzene ring substituents is 3. The monoisotopic (exact) mass is 446 g/mol. The lowest BCUT2D eigenvalue weighted by Gasteiger charge is -2.37. The van der Waals surface area contributed by atoms with Crippen molar-refractivity contribution in [3.05, 3.63) is 78.4 Å². The van der Waals surface area contributed by atoms with Gasteiger partial charge in [0.2, 0.25) is 0 Å². The lowest BCUT2D eigenvalue weighted by molar-refractivity contribution is -0.404. The lowest BCUT2D eigenvalue weighted by Crippen LogP contribution is -2.42. The first-order valence-electron chi connectivity index (χ1n) is 9.65. The van der Waals surface area contributed by atoms with E-state index in [0.717, 1.165) is 6.54 Å². The normalized spacial score (nSPS) is 17.1. The van der Waals surface area contributed by atoms with Gasteiger partial charge in [-0.2, -0.15) is 0 Å². The molecule has 2 aromatic rings. The van der Waals surface area contributed by atoms with Gasteiger partial charge in [-0.05, 0) is 19.4 Å². The van der Waals surface area contributed by atoms with Gasteiger partial charge in [0.05, 0.1) is 26.9 Å². The zero-order valence-electron chi connectivity index (χ0n) is 17.4. The number of carbonyl (C=O) groups excluding carboxylic acids is 1. The van der Waals surface area contributed by atoms with E-state index in [1.54, 1.807) is 0 Å². The van der Waals surface area contributed by atoms with E-state index in [9.17, 15) is 35.1 Å². The van der Waals surface area contributed by atoms with Crippen LogP contribution in [0.25, 0.3) is 0 Å². The van der Waals surface area contributed by atoms with Crippen LogP contribution in [0.15, 0.2) is 42.5 Å². The molecular formula is C20H22N4O8. The Kier molecular flexibility index (Phi) is 7.91. The zero-order chi connectivity index (χ0) is 24.0. The molecule has 2 aromatic carbocycles. The highest BCUT2D eigenvalue weighted by Gasteiger charge is 2.30. The summed E-state index contributed by atoms with van der Waals surface area (Å²) in [6, 6.07) is 12.2. The number of piperidine rings is 1. The maximum atomic E-state index is 11.4. The van der Waals surface area contributed by atoms with Crippen LogP contribution in [-0.4, -0.2) is 43.1 Å². The molecule has 1 saturated heterocycles. The summed E-state index contributed by atoms with van der Waals surface area (Å²) in [4.78, 5) is 41.5. The number of carbonyl (C=O) groups is 1. The highest BCUT2D eigenvalue weighted by atomic mass is 16.6. The van der Waals surface area contributed by atoms with Gasteiger partial charge >= 0.3 is 11.4 Å². The van der Waals surface area contributed by atoms with Gasteiger partial charge in [0, 0.05) is 31.5 Å². The Morgan fingerprint density at radius 1 is 1.00 bits per heavy atom. The fourth-order valence-corrected chi connectivity index (χ4v) is 3.49. The Balaban J connectivity index is 0.000000227. The molecule has 12 heteroatoms. The van der Waals surface area contributed by atoms with E-state index in [1.807, 2.05) is 6.07 Å². The number of phenols is 1.